The van der Waals surface area contributed by atoms with Gasteiger partial charge in [0.1, 0.15) is 5.75 Å². The number of amides is 1. The maximum atomic E-state index is 12.1. The third kappa shape index (κ3) is 2.52. The number of aryl methyl sites for hydroxylation is 2. The molecule has 0 saturated heterocycles. The van der Waals surface area contributed by atoms with Crippen LogP contribution in [-0.2, 0) is 7.05 Å². The van der Waals surface area contributed by atoms with Crippen LogP contribution >= 0.6 is 0 Å². The molecule has 0 aliphatic heterocycles. The smallest absolute Gasteiger partial charge is 0.257 e. The fourth-order valence-electron chi connectivity index (χ4n) is 1.75. The van der Waals surface area contributed by atoms with Crippen LogP contribution in [0.25, 0.3) is 0 Å². The van der Waals surface area contributed by atoms with E-state index in [1.54, 1.807) is 26.3 Å². The molecule has 2 aromatic rings. The summed E-state index contributed by atoms with van der Waals surface area (Å²) in [7, 11) is 3.28. The molecule has 1 aromatic heterocycles. The second-order valence-electron chi connectivity index (χ2n) is 4.21. The van der Waals surface area contributed by atoms with Crippen molar-refractivity contribution in [3.05, 3.63) is 35.5 Å². The average Bonchev–Trinajstić information content (AvgIpc) is 2.71. The molecule has 0 saturated carbocycles. The fraction of sp³-hybridized carbons (Fsp3) is 0.231. The van der Waals surface area contributed by atoms with Crippen LogP contribution in [0, 0.1) is 6.92 Å². The van der Waals surface area contributed by atoms with Crippen molar-refractivity contribution in [2.24, 2.45) is 7.05 Å². The fourth-order valence-corrected chi connectivity index (χ4v) is 1.75. The van der Waals surface area contributed by atoms with E-state index in [4.69, 9.17) is 10.5 Å². The topological polar surface area (TPSA) is 82.2 Å². The summed E-state index contributed by atoms with van der Waals surface area (Å²) in [6.45, 7) is 1.92. The van der Waals surface area contributed by atoms with Gasteiger partial charge < -0.3 is 15.8 Å². The molecule has 0 spiro atoms. The van der Waals surface area contributed by atoms with E-state index in [1.165, 1.54) is 10.9 Å². The Morgan fingerprint density at radius 3 is 2.79 bits per heavy atom. The standard InChI is InChI=1S/C13H16N4O2/c1-8-4-5-9(6-11(8)19-3)13(18)16-12-10(14)7-15-17(12)2/h4-7H,14H2,1-3H3,(H,16,18). The van der Waals surface area contributed by atoms with Crippen LogP contribution in [0.1, 0.15) is 15.9 Å². The van der Waals surface area contributed by atoms with E-state index in [1.807, 2.05) is 13.0 Å². The first-order valence-electron chi connectivity index (χ1n) is 5.76. The lowest BCUT2D eigenvalue weighted by atomic mass is 10.1. The third-order valence-corrected chi connectivity index (χ3v) is 2.87. The van der Waals surface area contributed by atoms with Gasteiger partial charge in [-0.2, -0.15) is 5.10 Å². The molecule has 0 fully saturated rings. The number of nitrogens with two attached hydrogens (primary N) is 1. The Morgan fingerprint density at radius 2 is 2.21 bits per heavy atom. The minimum atomic E-state index is -0.256. The van der Waals surface area contributed by atoms with Gasteiger partial charge in [0.25, 0.3) is 5.91 Å². The van der Waals surface area contributed by atoms with Crippen LogP contribution in [0.3, 0.4) is 0 Å². The molecule has 0 atom stereocenters. The summed E-state index contributed by atoms with van der Waals surface area (Å²) in [5.74, 6) is 0.892. The Morgan fingerprint density at radius 1 is 1.47 bits per heavy atom. The highest BCUT2D eigenvalue weighted by molar-refractivity contribution is 6.05. The lowest BCUT2D eigenvalue weighted by Gasteiger charge is -2.09. The third-order valence-electron chi connectivity index (χ3n) is 2.87. The van der Waals surface area contributed by atoms with Gasteiger partial charge in [0, 0.05) is 12.6 Å². The van der Waals surface area contributed by atoms with E-state index in [0.29, 0.717) is 22.8 Å². The molecule has 6 nitrogen and oxygen atoms in total. The number of ether oxygens (including phenoxy) is 1. The van der Waals surface area contributed by atoms with Gasteiger partial charge in [-0.15, -0.1) is 0 Å². The molecule has 0 bridgehead atoms. The van der Waals surface area contributed by atoms with Crippen LogP contribution in [0.15, 0.2) is 24.4 Å². The molecule has 0 aliphatic rings. The largest absolute Gasteiger partial charge is 0.496 e. The number of benzene rings is 1. The number of hydrogen-bond donors (Lipinski definition) is 2. The SMILES string of the molecule is COc1cc(C(=O)Nc2c(N)cnn2C)ccc1C. The summed E-state index contributed by atoms with van der Waals surface area (Å²) >= 11 is 0. The van der Waals surface area contributed by atoms with E-state index in [9.17, 15) is 4.79 Å². The Hall–Kier alpha value is -2.50. The lowest BCUT2D eigenvalue weighted by Crippen LogP contribution is -2.15. The molecule has 1 heterocycles. The van der Waals surface area contributed by atoms with Gasteiger partial charge >= 0.3 is 0 Å². The van der Waals surface area contributed by atoms with Crippen LogP contribution in [0.5, 0.6) is 5.75 Å². The number of nitrogens with zero attached hydrogens (tertiary/aromatic N) is 2. The van der Waals surface area contributed by atoms with Crippen LogP contribution in [0.2, 0.25) is 0 Å². The molecule has 2 rings (SSSR count). The Kier molecular flexibility index (Phi) is 3.41. The van der Waals surface area contributed by atoms with Crippen LogP contribution in [0.4, 0.5) is 11.5 Å². The lowest BCUT2D eigenvalue weighted by molar-refractivity contribution is 0.102. The zero-order valence-electron chi connectivity index (χ0n) is 11.1. The quantitative estimate of drug-likeness (QED) is 0.877. The van der Waals surface area contributed by atoms with Gasteiger partial charge in [-0.05, 0) is 24.6 Å². The molecule has 3 N–H and O–H groups in total. The number of nitrogen functional groups attached to an aromatic ring is 1. The molecular weight excluding hydrogens is 244 g/mol. The van der Waals surface area contributed by atoms with Gasteiger partial charge in [0.15, 0.2) is 5.82 Å². The van der Waals surface area contributed by atoms with Crippen molar-refractivity contribution < 1.29 is 9.53 Å². The number of carbonyl (C=O) groups is 1. The average molecular weight is 260 g/mol. The van der Waals surface area contributed by atoms with Gasteiger partial charge in [-0.3, -0.25) is 9.48 Å². The van der Waals surface area contributed by atoms with Gasteiger partial charge in [-0.25, -0.2) is 0 Å². The second-order valence-corrected chi connectivity index (χ2v) is 4.21. The normalized spacial score (nSPS) is 10.3. The summed E-state index contributed by atoms with van der Waals surface area (Å²) in [4.78, 5) is 12.1. The van der Waals surface area contributed by atoms with Gasteiger partial charge in [0.2, 0.25) is 0 Å². The monoisotopic (exact) mass is 260 g/mol. The van der Waals surface area contributed by atoms with E-state index in [2.05, 4.69) is 10.4 Å². The molecule has 6 heteroatoms. The maximum absolute atomic E-state index is 12.1. The Bertz CT molecular complexity index is 600. The van der Waals surface area contributed by atoms with E-state index >= 15 is 0 Å². The number of methoxy groups -OCH3 is 1. The van der Waals surface area contributed by atoms with Crippen LogP contribution < -0.4 is 15.8 Å². The molecule has 1 aromatic carbocycles. The predicted molar refractivity (Wildman–Crippen MR) is 73.3 cm³/mol. The van der Waals surface area contributed by atoms with E-state index in [-0.39, 0.29) is 5.91 Å². The van der Waals surface area contributed by atoms with Crippen molar-refractivity contribution in [3.63, 3.8) is 0 Å². The van der Waals surface area contributed by atoms with Crippen molar-refractivity contribution in [1.82, 2.24) is 9.78 Å². The zero-order chi connectivity index (χ0) is 14.0. The Balaban J connectivity index is 2.25. The minimum Gasteiger partial charge on any atom is -0.496 e. The number of anilines is 2. The highest BCUT2D eigenvalue weighted by Gasteiger charge is 2.12. The molecule has 19 heavy (non-hydrogen) atoms. The molecule has 0 radical (unpaired) electrons. The highest BCUT2D eigenvalue weighted by atomic mass is 16.5. The zero-order valence-corrected chi connectivity index (χ0v) is 11.1. The van der Waals surface area contributed by atoms with Crippen molar-refractivity contribution in [2.45, 2.75) is 6.92 Å². The maximum Gasteiger partial charge on any atom is 0.257 e. The summed E-state index contributed by atoms with van der Waals surface area (Å²) in [5, 5.41) is 6.69. The number of nitrogens with one attached hydrogen (secondary N) is 1. The van der Waals surface area contributed by atoms with Gasteiger partial charge in [0.05, 0.1) is 19.0 Å². The molecule has 0 unspecified atom stereocenters. The first kappa shape index (κ1) is 12.9. The molecular formula is C13H16N4O2. The number of hydrogen-bond acceptors (Lipinski definition) is 4. The van der Waals surface area contributed by atoms with Crippen molar-refractivity contribution >= 4 is 17.4 Å². The number of aromatic nitrogens is 2. The molecule has 1 amide bonds. The molecule has 100 valence electrons. The van der Waals surface area contributed by atoms with Crippen molar-refractivity contribution in [2.75, 3.05) is 18.2 Å². The predicted octanol–water partition coefficient (Wildman–Crippen LogP) is 1.57. The first-order chi connectivity index (χ1) is 9.02. The highest BCUT2D eigenvalue weighted by Crippen LogP contribution is 2.21. The van der Waals surface area contributed by atoms with Gasteiger partial charge in [-0.1, -0.05) is 6.07 Å². The van der Waals surface area contributed by atoms with Crippen molar-refractivity contribution in [3.8, 4) is 5.75 Å². The molecule has 0 aliphatic carbocycles. The summed E-state index contributed by atoms with van der Waals surface area (Å²) in [6.07, 6.45) is 1.49. The first-order valence-corrected chi connectivity index (χ1v) is 5.76. The number of carbonyl (C=O) groups excluding carboxylic acids is 1. The van der Waals surface area contributed by atoms with Crippen molar-refractivity contribution in [1.29, 1.82) is 0 Å². The summed E-state index contributed by atoms with van der Waals surface area (Å²) in [5.41, 5.74) is 7.63. The van der Waals surface area contributed by atoms with E-state index in [0.717, 1.165) is 5.56 Å². The Labute approximate surface area is 111 Å². The van der Waals surface area contributed by atoms with E-state index < -0.39 is 0 Å². The summed E-state index contributed by atoms with van der Waals surface area (Å²) < 4.78 is 6.71. The van der Waals surface area contributed by atoms with Crippen LogP contribution in [-0.4, -0.2) is 22.8 Å². The summed E-state index contributed by atoms with van der Waals surface area (Å²) in [6, 6.07) is 5.26. The minimum absolute atomic E-state index is 0.256. The number of rotatable bonds is 3. The second kappa shape index (κ2) is 5.01.